The number of rotatable bonds is 6. The smallest absolute Gasteiger partial charge is 0.657 e. The normalized spacial score (nSPS) is 10.7. The molecule has 198 valence electrons. The predicted octanol–water partition coefficient (Wildman–Crippen LogP) is 9.53. The van der Waals surface area contributed by atoms with Crippen LogP contribution in [-0.4, -0.2) is 14.4 Å². The number of hydrogen-bond donors (Lipinski definition) is 0. The molecule has 5 heteroatoms. The second-order valence-electron chi connectivity index (χ2n) is 9.43. The van der Waals surface area contributed by atoms with Crippen LogP contribution in [0.25, 0.3) is 55.9 Å². The Morgan fingerprint density at radius 1 is 0.610 bits per heavy atom. The van der Waals surface area contributed by atoms with E-state index in [0.29, 0.717) is 0 Å². The van der Waals surface area contributed by atoms with Gasteiger partial charge in [-0.15, -0.1) is 47.3 Å². The topological polar surface area (TPSA) is 44.3 Å². The van der Waals surface area contributed by atoms with Gasteiger partial charge in [-0.05, 0) is 23.3 Å². The third-order valence-electron chi connectivity index (χ3n) is 6.94. The summed E-state index contributed by atoms with van der Waals surface area (Å²) in [6.07, 6.45) is 3.89. The number of fused-ring (bicyclic) bond motifs is 1. The molecule has 7 rings (SSSR count). The van der Waals surface area contributed by atoms with Crippen molar-refractivity contribution in [3.8, 4) is 44.9 Å². The number of nitrogens with zero attached hydrogens (tertiary/aromatic N) is 4. The average Bonchev–Trinajstić information content (AvgIpc) is 3.42. The minimum atomic E-state index is 0. The molecular weight excluding hydrogens is 684 g/mol. The average molecular weight is 708 g/mol. The van der Waals surface area contributed by atoms with E-state index in [1.54, 1.807) is 0 Å². The standard InChI is InChI=1S/C36H24N4.Pt/c1-3-14-26(15-4-1)28-20-13-25-40-35(27-16-5-2-6-17-27)34(39-36(28)40)30-19-8-10-23-33(30)38-32-22-9-7-18-29(32)31-21-11-12-24-37-31;/h1-14,16-25H;/q-2;+2. The maximum Gasteiger partial charge on any atom is 2.00 e. The molecule has 0 saturated heterocycles. The van der Waals surface area contributed by atoms with Crippen LogP contribution in [0.1, 0.15) is 0 Å². The molecule has 4 nitrogen and oxygen atoms in total. The number of aromatic nitrogens is 3. The maximum absolute atomic E-state index is 5.29. The summed E-state index contributed by atoms with van der Waals surface area (Å²) in [7, 11) is 0. The van der Waals surface area contributed by atoms with Gasteiger partial charge in [0.2, 0.25) is 0 Å². The third-order valence-corrected chi connectivity index (χ3v) is 6.94. The van der Waals surface area contributed by atoms with Gasteiger partial charge >= 0.3 is 21.1 Å². The second kappa shape index (κ2) is 11.8. The molecule has 3 aromatic heterocycles. The van der Waals surface area contributed by atoms with Gasteiger partial charge in [0.25, 0.3) is 0 Å². The first kappa shape index (κ1) is 26.4. The molecule has 0 spiro atoms. The Bertz CT molecular complexity index is 1920. The van der Waals surface area contributed by atoms with Crippen LogP contribution in [0.2, 0.25) is 0 Å². The van der Waals surface area contributed by atoms with E-state index >= 15 is 0 Å². The largest absolute Gasteiger partial charge is 2.00 e. The molecular formula is C36H24N4Pt. The summed E-state index contributed by atoms with van der Waals surface area (Å²) < 4.78 is 2.18. The molecule has 0 unspecified atom stereocenters. The van der Waals surface area contributed by atoms with Gasteiger partial charge in [-0.3, -0.25) is 4.98 Å². The summed E-state index contributed by atoms with van der Waals surface area (Å²) in [4.78, 5) is 9.86. The van der Waals surface area contributed by atoms with Gasteiger partial charge in [0.05, 0.1) is 17.1 Å². The molecule has 3 heterocycles. The maximum atomic E-state index is 5.29. The van der Waals surface area contributed by atoms with Crippen molar-refractivity contribution in [1.82, 2.24) is 14.4 Å². The summed E-state index contributed by atoms with van der Waals surface area (Å²) in [5.74, 6) is 0. The Morgan fingerprint density at radius 2 is 1.29 bits per heavy atom. The zero-order valence-corrected chi connectivity index (χ0v) is 24.2. The van der Waals surface area contributed by atoms with Crippen LogP contribution in [0, 0.1) is 6.07 Å². The summed E-state index contributed by atoms with van der Waals surface area (Å²) in [6, 6.07) is 48.3. The second-order valence-corrected chi connectivity index (χ2v) is 9.43. The van der Waals surface area contributed by atoms with E-state index in [1.165, 1.54) is 0 Å². The van der Waals surface area contributed by atoms with Crippen LogP contribution >= 0.6 is 0 Å². The van der Waals surface area contributed by atoms with Crippen LogP contribution in [0.15, 0.2) is 146 Å². The molecule has 0 aliphatic carbocycles. The molecule has 0 aliphatic heterocycles. The molecule has 7 aromatic rings. The van der Waals surface area contributed by atoms with Crippen molar-refractivity contribution in [2.45, 2.75) is 0 Å². The van der Waals surface area contributed by atoms with Crippen LogP contribution < -0.4 is 0 Å². The molecule has 0 aliphatic rings. The van der Waals surface area contributed by atoms with Gasteiger partial charge in [-0.2, -0.15) is 0 Å². The first-order valence-corrected chi connectivity index (χ1v) is 13.2. The van der Waals surface area contributed by atoms with Crippen LogP contribution in [0.5, 0.6) is 0 Å². The first-order valence-electron chi connectivity index (χ1n) is 13.2. The Morgan fingerprint density at radius 3 is 2.05 bits per heavy atom. The number of benzene rings is 4. The minimum Gasteiger partial charge on any atom is -0.657 e. The predicted molar refractivity (Wildman–Crippen MR) is 163 cm³/mol. The molecule has 0 bridgehead atoms. The van der Waals surface area contributed by atoms with Gasteiger partial charge in [-0.1, -0.05) is 103 Å². The van der Waals surface area contributed by atoms with E-state index < -0.39 is 0 Å². The van der Waals surface area contributed by atoms with Crippen LogP contribution in [0.4, 0.5) is 11.4 Å². The monoisotopic (exact) mass is 707 g/mol. The van der Waals surface area contributed by atoms with Crippen LogP contribution in [-0.2, 0) is 21.1 Å². The summed E-state index contributed by atoms with van der Waals surface area (Å²) in [5.41, 5.74) is 10.4. The number of para-hydroxylation sites is 2. The van der Waals surface area contributed by atoms with Gasteiger partial charge < -0.3 is 9.72 Å². The zero-order chi connectivity index (χ0) is 26.7. The number of imidazole rings is 1. The Hall–Kier alpha value is -4.79. The van der Waals surface area contributed by atoms with Crippen molar-refractivity contribution in [2.24, 2.45) is 0 Å². The van der Waals surface area contributed by atoms with Gasteiger partial charge in [-0.25, -0.2) is 4.98 Å². The number of pyridine rings is 2. The van der Waals surface area contributed by atoms with E-state index in [9.17, 15) is 0 Å². The van der Waals surface area contributed by atoms with Gasteiger partial charge in [0, 0.05) is 18.0 Å². The first-order chi connectivity index (χ1) is 19.9. The van der Waals surface area contributed by atoms with Crippen molar-refractivity contribution in [3.63, 3.8) is 0 Å². The summed E-state index contributed by atoms with van der Waals surface area (Å²) in [5, 5.41) is 5.18. The van der Waals surface area contributed by atoms with E-state index in [1.807, 2.05) is 79.0 Å². The zero-order valence-electron chi connectivity index (χ0n) is 22.0. The summed E-state index contributed by atoms with van der Waals surface area (Å²) >= 11 is 0. The molecule has 0 N–H and O–H groups in total. The van der Waals surface area contributed by atoms with Crippen molar-refractivity contribution >= 4 is 17.0 Å². The Kier molecular flexibility index (Phi) is 7.58. The molecule has 0 fully saturated rings. The SMILES string of the molecule is [Pt+2].[c-]1ccccc1-c1cccn2c(-c3ccccc3)c(-c3ccccc3[N-]c3ccccc3-c3ccccn3)nc12. The Labute approximate surface area is 253 Å². The van der Waals surface area contributed by atoms with Gasteiger partial charge in [0.15, 0.2) is 0 Å². The Balaban J connectivity index is 0.00000302. The molecule has 0 radical (unpaired) electrons. The van der Waals surface area contributed by atoms with Gasteiger partial charge in [0.1, 0.15) is 5.65 Å². The quantitative estimate of drug-likeness (QED) is 0.162. The summed E-state index contributed by atoms with van der Waals surface area (Å²) in [6.45, 7) is 0. The van der Waals surface area contributed by atoms with Crippen molar-refractivity contribution in [1.29, 1.82) is 0 Å². The molecule has 0 amide bonds. The molecule has 4 aromatic carbocycles. The van der Waals surface area contributed by atoms with E-state index in [4.69, 9.17) is 10.3 Å². The molecule has 0 saturated carbocycles. The minimum absolute atomic E-state index is 0. The van der Waals surface area contributed by atoms with E-state index in [-0.39, 0.29) is 21.1 Å². The van der Waals surface area contributed by atoms with E-state index in [2.05, 4.69) is 82.3 Å². The molecule has 41 heavy (non-hydrogen) atoms. The fourth-order valence-electron chi connectivity index (χ4n) is 5.11. The van der Waals surface area contributed by atoms with E-state index in [0.717, 1.165) is 61.9 Å². The van der Waals surface area contributed by atoms with Crippen LogP contribution in [0.3, 0.4) is 0 Å². The third kappa shape index (κ3) is 5.11. The van der Waals surface area contributed by atoms with Crippen molar-refractivity contribution < 1.29 is 21.1 Å². The fourth-order valence-corrected chi connectivity index (χ4v) is 5.11. The van der Waals surface area contributed by atoms with Crippen molar-refractivity contribution in [3.05, 3.63) is 157 Å². The number of hydrogen-bond acceptors (Lipinski definition) is 2. The fraction of sp³-hybridized carbons (Fsp3) is 0. The molecule has 0 atom stereocenters. The van der Waals surface area contributed by atoms with Crippen molar-refractivity contribution in [2.75, 3.05) is 0 Å².